The maximum Gasteiger partial charge on any atom is 0.191 e. The molecule has 0 fully saturated rings. The number of hydrogen-bond acceptors (Lipinski definition) is 5. The van der Waals surface area contributed by atoms with Crippen LogP contribution in [0.2, 0.25) is 0 Å². The number of hydrogen-bond donors (Lipinski definition) is 2. The first kappa shape index (κ1) is 26.8. The van der Waals surface area contributed by atoms with E-state index in [0.717, 1.165) is 47.4 Å². The molecule has 0 spiro atoms. The van der Waals surface area contributed by atoms with Crippen LogP contribution in [0.1, 0.15) is 18.1 Å². The Bertz CT molecular complexity index is 815. The minimum atomic E-state index is 0. The maximum atomic E-state index is 5.82. The Balaban J connectivity index is 0.00000480. The SMILES string of the molecule is CCNC(=NCc1cccc(OCCN(C)C)c1)NCc1ccc(OC)cc1OC.I. The molecule has 0 heterocycles. The lowest BCUT2D eigenvalue weighted by Crippen LogP contribution is -2.36. The number of methoxy groups -OCH3 is 2. The molecule has 0 atom stereocenters. The van der Waals surface area contributed by atoms with Gasteiger partial charge in [-0.05, 0) is 50.8 Å². The first-order valence-electron chi connectivity index (χ1n) is 10.1. The second kappa shape index (κ2) is 14.7. The van der Waals surface area contributed by atoms with Crippen LogP contribution in [0.15, 0.2) is 47.5 Å². The summed E-state index contributed by atoms with van der Waals surface area (Å²) in [5.41, 5.74) is 2.12. The molecule has 0 saturated carbocycles. The average molecular weight is 542 g/mol. The third kappa shape index (κ3) is 9.65. The summed E-state index contributed by atoms with van der Waals surface area (Å²) in [4.78, 5) is 6.80. The fourth-order valence-electron chi connectivity index (χ4n) is 2.77. The van der Waals surface area contributed by atoms with Gasteiger partial charge < -0.3 is 29.7 Å². The second-order valence-electron chi connectivity index (χ2n) is 7.03. The number of guanidine groups is 1. The smallest absolute Gasteiger partial charge is 0.191 e. The van der Waals surface area contributed by atoms with Gasteiger partial charge in [-0.15, -0.1) is 24.0 Å². The van der Waals surface area contributed by atoms with Crippen molar-refractivity contribution in [1.29, 1.82) is 0 Å². The Hall–Kier alpha value is -2.20. The predicted octanol–water partition coefficient (Wildman–Crippen LogP) is 3.52. The highest BCUT2D eigenvalue weighted by molar-refractivity contribution is 14.0. The van der Waals surface area contributed by atoms with E-state index in [1.54, 1.807) is 14.2 Å². The molecule has 0 amide bonds. The van der Waals surface area contributed by atoms with Crippen molar-refractivity contribution in [3.8, 4) is 17.2 Å². The van der Waals surface area contributed by atoms with Crippen LogP contribution in [0.25, 0.3) is 0 Å². The van der Waals surface area contributed by atoms with Gasteiger partial charge in [-0.25, -0.2) is 4.99 Å². The van der Waals surface area contributed by atoms with Gasteiger partial charge in [-0.2, -0.15) is 0 Å². The van der Waals surface area contributed by atoms with Crippen LogP contribution in [0.5, 0.6) is 17.2 Å². The average Bonchev–Trinajstić information content (AvgIpc) is 2.75. The summed E-state index contributed by atoms with van der Waals surface area (Å²) in [5.74, 6) is 3.16. The van der Waals surface area contributed by atoms with Crippen molar-refractivity contribution in [2.24, 2.45) is 4.99 Å². The van der Waals surface area contributed by atoms with Crippen LogP contribution >= 0.6 is 24.0 Å². The van der Waals surface area contributed by atoms with Gasteiger partial charge in [0.1, 0.15) is 23.9 Å². The first-order chi connectivity index (χ1) is 14.5. The molecule has 31 heavy (non-hydrogen) atoms. The van der Waals surface area contributed by atoms with Crippen LogP contribution in [0, 0.1) is 0 Å². The van der Waals surface area contributed by atoms with E-state index in [1.165, 1.54) is 0 Å². The van der Waals surface area contributed by atoms with Crippen LogP contribution in [0.3, 0.4) is 0 Å². The van der Waals surface area contributed by atoms with Gasteiger partial charge in [0.05, 0.1) is 20.8 Å². The fraction of sp³-hybridized carbons (Fsp3) is 0.435. The molecule has 0 aliphatic heterocycles. The lowest BCUT2D eigenvalue weighted by atomic mass is 10.2. The molecule has 0 saturated heterocycles. The summed E-state index contributed by atoms with van der Waals surface area (Å²) >= 11 is 0. The van der Waals surface area contributed by atoms with Gasteiger partial charge in [0.2, 0.25) is 0 Å². The van der Waals surface area contributed by atoms with Gasteiger partial charge in [0.15, 0.2) is 5.96 Å². The minimum Gasteiger partial charge on any atom is -0.497 e. The summed E-state index contributed by atoms with van der Waals surface area (Å²) in [5, 5.41) is 6.64. The largest absolute Gasteiger partial charge is 0.497 e. The van der Waals surface area contributed by atoms with Crippen molar-refractivity contribution in [2.45, 2.75) is 20.0 Å². The molecular formula is C23H35IN4O3. The molecule has 0 aromatic heterocycles. The fourth-order valence-corrected chi connectivity index (χ4v) is 2.77. The van der Waals surface area contributed by atoms with Gasteiger partial charge in [0, 0.05) is 31.3 Å². The Labute approximate surface area is 203 Å². The second-order valence-corrected chi connectivity index (χ2v) is 7.03. The number of ether oxygens (including phenoxy) is 3. The lowest BCUT2D eigenvalue weighted by Gasteiger charge is -2.14. The van der Waals surface area contributed by atoms with Crippen molar-refractivity contribution in [1.82, 2.24) is 15.5 Å². The summed E-state index contributed by atoms with van der Waals surface area (Å²) in [6.07, 6.45) is 0. The molecule has 0 unspecified atom stereocenters. The maximum absolute atomic E-state index is 5.82. The van der Waals surface area contributed by atoms with E-state index < -0.39 is 0 Å². The Morgan fingerprint density at radius 1 is 1.00 bits per heavy atom. The van der Waals surface area contributed by atoms with Gasteiger partial charge in [0.25, 0.3) is 0 Å². The van der Waals surface area contributed by atoms with Crippen LogP contribution in [-0.2, 0) is 13.1 Å². The predicted molar refractivity (Wildman–Crippen MR) is 137 cm³/mol. The van der Waals surface area contributed by atoms with E-state index in [1.807, 2.05) is 57.4 Å². The van der Waals surface area contributed by atoms with E-state index in [-0.39, 0.29) is 24.0 Å². The quantitative estimate of drug-likeness (QED) is 0.258. The van der Waals surface area contributed by atoms with E-state index in [9.17, 15) is 0 Å². The number of nitrogens with one attached hydrogen (secondary N) is 2. The van der Waals surface area contributed by atoms with Crippen molar-refractivity contribution in [3.05, 3.63) is 53.6 Å². The molecular weight excluding hydrogens is 507 g/mol. The lowest BCUT2D eigenvalue weighted by molar-refractivity contribution is 0.261. The zero-order valence-electron chi connectivity index (χ0n) is 19.1. The zero-order valence-corrected chi connectivity index (χ0v) is 21.4. The summed E-state index contributed by atoms with van der Waals surface area (Å²) in [6, 6.07) is 13.9. The van der Waals surface area contributed by atoms with Crippen molar-refractivity contribution in [2.75, 3.05) is 48.0 Å². The number of nitrogens with zero attached hydrogens (tertiary/aromatic N) is 2. The van der Waals surface area contributed by atoms with E-state index in [4.69, 9.17) is 19.2 Å². The van der Waals surface area contributed by atoms with E-state index >= 15 is 0 Å². The number of benzene rings is 2. The molecule has 0 aliphatic rings. The third-order valence-electron chi connectivity index (χ3n) is 4.41. The monoisotopic (exact) mass is 542 g/mol. The first-order valence-corrected chi connectivity index (χ1v) is 10.1. The topological polar surface area (TPSA) is 67.4 Å². The Kier molecular flexibility index (Phi) is 12.8. The van der Waals surface area contributed by atoms with Crippen LogP contribution in [0.4, 0.5) is 0 Å². The molecule has 0 radical (unpaired) electrons. The third-order valence-corrected chi connectivity index (χ3v) is 4.41. The normalized spacial score (nSPS) is 11.0. The molecule has 7 nitrogen and oxygen atoms in total. The molecule has 8 heteroatoms. The van der Waals surface area contributed by atoms with Gasteiger partial charge in [-0.3, -0.25) is 0 Å². The minimum absolute atomic E-state index is 0. The summed E-state index contributed by atoms with van der Waals surface area (Å²) in [7, 11) is 7.37. The summed E-state index contributed by atoms with van der Waals surface area (Å²) < 4.78 is 16.5. The highest BCUT2D eigenvalue weighted by atomic mass is 127. The molecule has 0 bridgehead atoms. The van der Waals surface area contributed by atoms with Crippen molar-refractivity contribution < 1.29 is 14.2 Å². The number of halogens is 1. The standard InChI is InChI=1S/C23H34N4O3.HI/c1-6-24-23(26-17-19-10-11-20(28-4)15-22(19)29-5)25-16-18-8-7-9-21(14-18)30-13-12-27(2)3;/h7-11,14-15H,6,12-13,16-17H2,1-5H3,(H2,24,25,26);1H. The molecule has 0 aliphatic carbocycles. The van der Waals surface area contributed by atoms with Crippen molar-refractivity contribution in [3.63, 3.8) is 0 Å². The Morgan fingerprint density at radius 2 is 1.81 bits per heavy atom. The van der Waals surface area contributed by atoms with Gasteiger partial charge >= 0.3 is 0 Å². The molecule has 2 aromatic rings. The Morgan fingerprint density at radius 3 is 2.48 bits per heavy atom. The molecule has 172 valence electrons. The highest BCUT2D eigenvalue weighted by Crippen LogP contribution is 2.24. The number of aliphatic imine (C=N–C) groups is 1. The number of rotatable bonds is 11. The zero-order chi connectivity index (χ0) is 21.8. The van der Waals surface area contributed by atoms with Crippen LogP contribution < -0.4 is 24.8 Å². The summed E-state index contributed by atoms with van der Waals surface area (Å²) in [6.45, 7) is 5.51. The van der Waals surface area contributed by atoms with E-state index in [2.05, 4.69) is 21.6 Å². The number of likely N-dealkylation sites (N-methyl/N-ethyl adjacent to an activating group) is 1. The van der Waals surface area contributed by atoms with Gasteiger partial charge in [-0.1, -0.05) is 12.1 Å². The highest BCUT2D eigenvalue weighted by Gasteiger charge is 2.06. The molecule has 2 aromatic carbocycles. The molecule has 2 rings (SSSR count). The van der Waals surface area contributed by atoms with Crippen LogP contribution in [-0.4, -0.2) is 58.9 Å². The van der Waals surface area contributed by atoms with Crippen molar-refractivity contribution >= 4 is 29.9 Å². The molecule has 2 N–H and O–H groups in total. The van der Waals surface area contributed by atoms with E-state index in [0.29, 0.717) is 19.7 Å².